The van der Waals surface area contributed by atoms with Gasteiger partial charge in [0.15, 0.2) is 0 Å². The summed E-state index contributed by atoms with van der Waals surface area (Å²) in [6.45, 7) is 1.29. The smallest absolute Gasteiger partial charge is 0.247 e. The summed E-state index contributed by atoms with van der Waals surface area (Å²) in [5, 5.41) is 30.9. The molecular formula is C21H21ClN4O3S. The van der Waals surface area contributed by atoms with E-state index in [-0.39, 0.29) is 32.1 Å². The molecule has 2 aliphatic heterocycles. The van der Waals surface area contributed by atoms with E-state index in [1.807, 2.05) is 30.3 Å². The van der Waals surface area contributed by atoms with Crippen LogP contribution in [0.25, 0.3) is 10.1 Å². The predicted molar refractivity (Wildman–Crippen MR) is 120 cm³/mol. The minimum Gasteiger partial charge on any atom is -0.632 e. The summed E-state index contributed by atoms with van der Waals surface area (Å²) in [5.74, 6) is 0.487. The molecule has 2 aromatic carbocycles. The maximum Gasteiger partial charge on any atom is 0.247 e. The molecule has 0 atom stereocenters. The van der Waals surface area contributed by atoms with E-state index >= 15 is 0 Å². The lowest BCUT2D eigenvalue weighted by Gasteiger charge is -2.53. The number of anilines is 1. The number of fused-ring (bicyclic) bond motifs is 2. The molecule has 0 spiro atoms. The largest absolute Gasteiger partial charge is 0.632 e. The van der Waals surface area contributed by atoms with Gasteiger partial charge in [0.1, 0.15) is 26.2 Å². The number of benzene rings is 2. The first-order valence-corrected chi connectivity index (χ1v) is 11.1. The number of rotatable bonds is 4. The van der Waals surface area contributed by atoms with Crippen LogP contribution in [0.5, 0.6) is 0 Å². The van der Waals surface area contributed by atoms with Gasteiger partial charge in [0, 0.05) is 17.1 Å². The molecule has 2 aliphatic rings. The van der Waals surface area contributed by atoms with Crippen LogP contribution >= 0.6 is 23.1 Å². The summed E-state index contributed by atoms with van der Waals surface area (Å²) < 4.78 is 4.47. The number of quaternary nitrogens is 2. The molecule has 9 heteroatoms. The Bertz CT molecular complexity index is 1140. The molecule has 1 amide bonds. The van der Waals surface area contributed by atoms with Gasteiger partial charge in [0.25, 0.3) is 0 Å². The number of nitrogens with one attached hydrogen (secondary N) is 1. The number of amides is 1. The van der Waals surface area contributed by atoms with Crippen molar-refractivity contribution in [1.29, 1.82) is 0 Å². The number of piperazine rings is 1. The van der Waals surface area contributed by atoms with E-state index in [2.05, 4.69) is 9.69 Å². The quantitative estimate of drug-likeness (QED) is 0.489. The van der Waals surface area contributed by atoms with Crippen molar-refractivity contribution in [3.05, 3.63) is 63.0 Å². The van der Waals surface area contributed by atoms with Crippen LogP contribution < -0.4 is 9.96 Å². The lowest BCUT2D eigenvalue weighted by atomic mass is 10.1. The third-order valence-corrected chi connectivity index (χ3v) is 7.34. The van der Waals surface area contributed by atoms with Crippen LogP contribution in [0.2, 0.25) is 5.02 Å². The van der Waals surface area contributed by atoms with Gasteiger partial charge in [-0.05, 0) is 40.9 Å². The van der Waals surface area contributed by atoms with Gasteiger partial charge in [-0.1, -0.05) is 29.8 Å². The molecule has 0 bridgehead atoms. The fraction of sp³-hybridized carbons (Fsp3) is 0.333. The SMILES string of the molecule is O=C1Cc2cc(CC[N+]3([O-])CC[N+]([O-])(c4nsc5ccccc45)CC3)c(Cl)cc2N1. The van der Waals surface area contributed by atoms with E-state index in [1.165, 1.54) is 11.5 Å². The fourth-order valence-corrected chi connectivity index (χ4v) is 5.42. The van der Waals surface area contributed by atoms with Crippen LogP contribution in [0.1, 0.15) is 11.1 Å². The highest BCUT2D eigenvalue weighted by atomic mass is 35.5. The summed E-state index contributed by atoms with van der Waals surface area (Å²) in [5.41, 5.74) is 2.54. The first-order chi connectivity index (χ1) is 14.4. The Kier molecular flexibility index (Phi) is 4.81. The van der Waals surface area contributed by atoms with Gasteiger partial charge < -0.3 is 25.0 Å². The first-order valence-electron chi connectivity index (χ1n) is 9.97. The highest BCUT2D eigenvalue weighted by molar-refractivity contribution is 7.13. The molecule has 3 aromatic rings. The van der Waals surface area contributed by atoms with Crippen molar-refractivity contribution in [2.75, 3.05) is 38.0 Å². The molecule has 7 nitrogen and oxygen atoms in total. The standard InChI is InChI=1S/C21H21ClN4O3S/c22-17-13-18-15(12-20(27)23-18)11-14(17)5-6-25(28)7-9-26(29,10-8-25)21-16-3-1-2-4-19(16)30-24-21/h1-4,11,13H,5-10,12H2,(H,23,27). The monoisotopic (exact) mass is 444 g/mol. The average molecular weight is 445 g/mol. The van der Waals surface area contributed by atoms with Gasteiger partial charge in [-0.25, -0.2) is 0 Å². The Morgan fingerprint density at radius 1 is 1.13 bits per heavy atom. The number of carbonyl (C=O) groups excluding carboxylic acids is 1. The Labute approximate surface area is 183 Å². The molecule has 1 saturated heterocycles. The van der Waals surface area contributed by atoms with Gasteiger partial charge >= 0.3 is 0 Å². The van der Waals surface area contributed by atoms with Crippen LogP contribution in [0.4, 0.5) is 11.5 Å². The Morgan fingerprint density at radius 3 is 2.70 bits per heavy atom. The van der Waals surface area contributed by atoms with Crippen molar-refractivity contribution in [2.45, 2.75) is 12.8 Å². The third-order valence-electron chi connectivity index (χ3n) is 6.17. The van der Waals surface area contributed by atoms with E-state index in [1.54, 1.807) is 6.07 Å². The molecule has 30 heavy (non-hydrogen) atoms. The molecule has 1 aromatic heterocycles. The highest BCUT2D eigenvalue weighted by Gasteiger charge is 2.36. The summed E-state index contributed by atoms with van der Waals surface area (Å²) in [4.78, 5) is 11.6. The summed E-state index contributed by atoms with van der Waals surface area (Å²) >= 11 is 7.70. The number of nitrogens with zero attached hydrogens (tertiary/aromatic N) is 3. The number of carbonyl (C=O) groups is 1. The van der Waals surface area contributed by atoms with Crippen molar-refractivity contribution in [3.63, 3.8) is 0 Å². The van der Waals surface area contributed by atoms with Crippen molar-refractivity contribution in [1.82, 2.24) is 9.02 Å². The van der Waals surface area contributed by atoms with Gasteiger partial charge in [-0.15, -0.1) is 4.37 Å². The maximum absolute atomic E-state index is 13.4. The predicted octanol–water partition coefficient (Wildman–Crippen LogP) is 3.82. The van der Waals surface area contributed by atoms with Crippen LogP contribution in [-0.4, -0.2) is 47.7 Å². The Morgan fingerprint density at radius 2 is 1.90 bits per heavy atom. The molecule has 0 radical (unpaired) electrons. The fourth-order valence-electron chi connectivity index (χ4n) is 4.33. The van der Waals surface area contributed by atoms with Gasteiger partial charge in [0.05, 0.1) is 23.1 Å². The van der Waals surface area contributed by atoms with Crippen LogP contribution in [0, 0.1) is 10.4 Å². The molecule has 5 rings (SSSR count). The van der Waals surface area contributed by atoms with Crippen LogP contribution in [-0.2, 0) is 17.6 Å². The average Bonchev–Trinajstić information content (AvgIpc) is 3.32. The minimum atomic E-state index is -0.542. The number of aromatic nitrogens is 1. The van der Waals surface area contributed by atoms with Crippen LogP contribution in [0.3, 0.4) is 0 Å². The zero-order chi connectivity index (χ0) is 20.9. The maximum atomic E-state index is 13.4. The van der Waals surface area contributed by atoms with Gasteiger partial charge in [-0.2, -0.15) is 0 Å². The summed E-state index contributed by atoms with van der Waals surface area (Å²) in [7, 11) is 0. The molecule has 3 heterocycles. The number of hydroxylamine groups is 5. The second-order valence-corrected chi connectivity index (χ2v) is 9.36. The lowest BCUT2D eigenvalue weighted by molar-refractivity contribution is -0.884. The summed E-state index contributed by atoms with van der Waals surface area (Å²) in [6.07, 6.45) is 0.858. The van der Waals surface area contributed by atoms with Gasteiger partial charge in [0.2, 0.25) is 11.7 Å². The zero-order valence-electron chi connectivity index (χ0n) is 16.3. The second-order valence-electron chi connectivity index (χ2n) is 8.14. The number of hydrogen-bond acceptors (Lipinski definition) is 5. The molecule has 156 valence electrons. The van der Waals surface area contributed by atoms with E-state index in [9.17, 15) is 15.2 Å². The third kappa shape index (κ3) is 3.49. The van der Waals surface area contributed by atoms with Gasteiger partial charge in [-0.3, -0.25) is 4.79 Å². The molecule has 0 unspecified atom stereocenters. The second kappa shape index (κ2) is 7.26. The molecule has 1 fully saturated rings. The summed E-state index contributed by atoms with van der Waals surface area (Å²) in [6, 6.07) is 11.4. The molecule has 0 saturated carbocycles. The van der Waals surface area contributed by atoms with E-state index in [0.29, 0.717) is 30.2 Å². The van der Waals surface area contributed by atoms with E-state index in [0.717, 1.165) is 26.9 Å². The number of hydrogen-bond donors (Lipinski definition) is 1. The van der Waals surface area contributed by atoms with Crippen molar-refractivity contribution < 1.29 is 9.44 Å². The number of halogens is 1. The first kappa shape index (κ1) is 19.9. The van der Waals surface area contributed by atoms with E-state index < -0.39 is 9.29 Å². The highest BCUT2D eigenvalue weighted by Crippen LogP contribution is 2.35. The van der Waals surface area contributed by atoms with Crippen molar-refractivity contribution in [3.8, 4) is 0 Å². The molecule has 1 N–H and O–H groups in total. The Balaban J connectivity index is 1.28. The minimum absolute atomic E-state index is 0.0410. The topological polar surface area (TPSA) is 88.1 Å². The molecular weight excluding hydrogens is 424 g/mol. The molecule has 0 aliphatic carbocycles. The van der Waals surface area contributed by atoms with Crippen molar-refractivity contribution >= 4 is 50.6 Å². The Hall–Kier alpha value is -2.07. The van der Waals surface area contributed by atoms with Crippen molar-refractivity contribution in [2.24, 2.45) is 0 Å². The zero-order valence-corrected chi connectivity index (χ0v) is 17.8. The lowest BCUT2D eigenvalue weighted by Crippen LogP contribution is -2.63. The normalized spacial score (nSPS) is 26.0. The van der Waals surface area contributed by atoms with E-state index in [4.69, 9.17) is 11.6 Å². The van der Waals surface area contributed by atoms with Crippen LogP contribution in [0.15, 0.2) is 36.4 Å².